The summed E-state index contributed by atoms with van der Waals surface area (Å²) in [6, 6.07) is 26.2. The Morgan fingerprint density at radius 3 is 2.40 bits per heavy atom. The Balaban J connectivity index is 1.33. The van der Waals surface area contributed by atoms with Gasteiger partial charge in [-0.1, -0.05) is 80.1 Å². The van der Waals surface area contributed by atoms with Crippen molar-refractivity contribution < 1.29 is 19.2 Å². The molecule has 0 saturated heterocycles. The average molecular weight is 598 g/mol. The predicted octanol–water partition coefficient (Wildman–Crippen LogP) is 8.65. The van der Waals surface area contributed by atoms with Gasteiger partial charge in [0.25, 0.3) is 6.73 Å². The molecule has 0 aliphatic carbocycles. The number of rotatable bonds is 8. The number of ether oxygens (including phenoxy) is 1. The van der Waals surface area contributed by atoms with Crippen LogP contribution in [-0.2, 0) is 15.6 Å². The Bertz CT molecular complexity index is 1920. The third kappa shape index (κ3) is 5.48. The van der Waals surface area contributed by atoms with E-state index in [1.807, 2.05) is 0 Å². The van der Waals surface area contributed by atoms with E-state index in [0.29, 0.717) is 19.0 Å². The smallest absolute Gasteiger partial charge is 0.292 e. The monoisotopic (exact) mass is 597 g/mol. The van der Waals surface area contributed by atoms with Gasteiger partial charge in [-0.25, -0.2) is 0 Å². The molecule has 4 aromatic carbocycles. The highest BCUT2D eigenvalue weighted by atomic mass is 16.5. The van der Waals surface area contributed by atoms with Crippen molar-refractivity contribution >= 4 is 33.6 Å². The summed E-state index contributed by atoms with van der Waals surface area (Å²) in [7, 11) is 0. The van der Waals surface area contributed by atoms with Gasteiger partial charge in [-0.3, -0.25) is 4.79 Å². The molecule has 2 aliphatic rings. The molecule has 0 amide bonds. The molecule has 2 heterocycles. The maximum Gasteiger partial charge on any atom is 0.292 e. The van der Waals surface area contributed by atoms with Crippen LogP contribution in [0.4, 0.5) is 11.4 Å². The van der Waals surface area contributed by atoms with Gasteiger partial charge in [-0.15, -0.1) is 0 Å². The Morgan fingerprint density at radius 1 is 0.911 bits per heavy atom. The van der Waals surface area contributed by atoms with Gasteiger partial charge >= 0.3 is 0 Å². The Kier molecular flexibility index (Phi) is 7.74. The number of hydrogen-bond acceptors (Lipinski definition) is 4. The van der Waals surface area contributed by atoms with Crippen molar-refractivity contribution in [2.75, 3.05) is 18.2 Å². The summed E-state index contributed by atoms with van der Waals surface area (Å²) >= 11 is 0. The van der Waals surface area contributed by atoms with Gasteiger partial charge < -0.3 is 14.7 Å². The quantitative estimate of drug-likeness (QED) is 0.163. The molecule has 6 rings (SSSR count). The highest BCUT2D eigenvalue weighted by molar-refractivity contribution is 6.03. The van der Waals surface area contributed by atoms with Crippen molar-refractivity contribution in [2.24, 2.45) is 0 Å². The lowest BCUT2D eigenvalue weighted by Gasteiger charge is -2.26. The number of para-hydroxylation sites is 1. The number of fused-ring (bicyclic) bond motifs is 4. The van der Waals surface area contributed by atoms with Gasteiger partial charge in [0.15, 0.2) is 5.71 Å². The summed E-state index contributed by atoms with van der Waals surface area (Å²) in [6.07, 6.45) is 10.5. The molecule has 0 radical (unpaired) electrons. The minimum Gasteiger partial charge on any atom is -0.508 e. The third-order valence-electron chi connectivity index (χ3n) is 9.11. The number of phenols is 1. The van der Waals surface area contributed by atoms with E-state index >= 15 is 0 Å². The molecule has 228 valence electrons. The zero-order valence-corrected chi connectivity index (χ0v) is 27.0. The van der Waals surface area contributed by atoms with E-state index in [-0.39, 0.29) is 22.4 Å². The van der Waals surface area contributed by atoms with Crippen LogP contribution in [0.5, 0.6) is 11.5 Å². The number of ketones is 1. The van der Waals surface area contributed by atoms with Crippen molar-refractivity contribution in [1.29, 1.82) is 0 Å². The lowest BCUT2D eigenvalue weighted by Crippen LogP contribution is -2.29. The molecule has 45 heavy (non-hydrogen) atoms. The molecular weight excluding hydrogens is 556 g/mol. The fraction of sp³-hybridized carbons (Fsp3) is 0.250. The summed E-state index contributed by atoms with van der Waals surface area (Å²) in [5.41, 5.74) is 7.72. The summed E-state index contributed by atoms with van der Waals surface area (Å²) in [5, 5.41) is 12.1. The Labute approximate surface area is 266 Å². The average Bonchev–Trinajstić information content (AvgIpc) is 3.35. The van der Waals surface area contributed by atoms with Crippen LogP contribution in [0.3, 0.4) is 0 Å². The second kappa shape index (κ2) is 11.6. The fourth-order valence-electron chi connectivity index (χ4n) is 6.91. The first-order valence-electron chi connectivity index (χ1n) is 15.5. The molecule has 1 N–H and O–H groups in total. The first-order chi connectivity index (χ1) is 21.5. The summed E-state index contributed by atoms with van der Waals surface area (Å²) in [4.78, 5) is 14.6. The van der Waals surface area contributed by atoms with Gasteiger partial charge in [-0.05, 0) is 80.4 Å². The standard InChI is InChI=1S/C40H40N2O3/c1-27-16-17-29-18-23-35-38(32(29)24-27)40(5,6)37(41(35)25-28(2)43)15-9-7-8-14-36-39(3,4)33-12-10-11-13-34(33)42(36)26-45-31-21-19-30(44)20-22-31/h7-24H,25-26H2,1-6H3/p+1. The normalized spacial score (nSPS) is 17.6. The molecule has 0 bridgehead atoms. The van der Waals surface area contributed by atoms with Crippen molar-refractivity contribution in [2.45, 2.75) is 52.4 Å². The van der Waals surface area contributed by atoms with E-state index < -0.39 is 0 Å². The number of hydrogen-bond donors (Lipinski definition) is 1. The maximum absolute atomic E-state index is 12.4. The topological polar surface area (TPSA) is 52.8 Å². The highest BCUT2D eigenvalue weighted by Crippen LogP contribution is 2.50. The zero-order chi connectivity index (χ0) is 31.9. The van der Waals surface area contributed by atoms with E-state index in [2.05, 4.69) is 129 Å². The SMILES string of the molecule is CC(=O)CN1C(=CC=CC=CC2=[N+](COc3ccc(O)cc3)c3ccccc3C2(C)C)C(C)(C)c2c1ccc1ccc(C)cc21. The van der Waals surface area contributed by atoms with Crippen LogP contribution in [0.1, 0.15) is 51.3 Å². The third-order valence-corrected chi connectivity index (χ3v) is 9.11. The molecule has 0 aromatic heterocycles. The zero-order valence-electron chi connectivity index (χ0n) is 27.0. The summed E-state index contributed by atoms with van der Waals surface area (Å²) in [6.45, 7) is 13.4. The molecule has 0 saturated carbocycles. The van der Waals surface area contributed by atoms with Gasteiger partial charge in [0.1, 0.15) is 17.3 Å². The molecule has 2 aliphatic heterocycles. The van der Waals surface area contributed by atoms with Gasteiger partial charge in [0, 0.05) is 34.5 Å². The molecule has 0 atom stereocenters. The minimum atomic E-state index is -0.279. The summed E-state index contributed by atoms with van der Waals surface area (Å²) in [5.74, 6) is 1.04. The van der Waals surface area contributed by atoms with Crippen LogP contribution in [0.2, 0.25) is 0 Å². The van der Waals surface area contributed by atoms with E-state index in [1.165, 1.54) is 27.5 Å². The molecule has 0 unspecified atom stereocenters. The number of carbonyl (C=O) groups excluding carboxylic acids is 1. The number of nitrogens with zero attached hydrogens (tertiary/aromatic N) is 2. The molecule has 0 fully saturated rings. The van der Waals surface area contributed by atoms with Crippen LogP contribution < -0.4 is 9.64 Å². The van der Waals surface area contributed by atoms with Crippen LogP contribution in [-0.4, -0.2) is 34.5 Å². The largest absolute Gasteiger partial charge is 0.508 e. The molecule has 5 nitrogen and oxygen atoms in total. The van der Waals surface area contributed by atoms with Gasteiger partial charge in [0.2, 0.25) is 5.69 Å². The highest BCUT2D eigenvalue weighted by Gasteiger charge is 2.44. The number of aromatic hydroxyl groups is 1. The lowest BCUT2D eigenvalue weighted by molar-refractivity contribution is -0.475. The number of allylic oxidation sites excluding steroid dienone is 6. The molecule has 0 spiro atoms. The van der Waals surface area contributed by atoms with Gasteiger partial charge in [-0.2, -0.15) is 4.58 Å². The first-order valence-corrected chi connectivity index (χ1v) is 15.5. The van der Waals surface area contributed by atoms with Crippen LogP contribution >= 0.6 is 0 Å². The number of phenolic OH excluding ortho intramolecular Hbond substituents is 1. The number of benzene rings is 4. The first kappa shape index (κ1) is 30.1. The van der Waals surface area contributed by atoms with E-state index in [4.69, 9.17) is 4.74 Å². The van der Waals surface area contributed by atoms with Crippen molar-refractivity contribution in [1.82, 2.24) is 0 Å². The number of aryl methyl sites for hydroxylation is 1. The second-order valence-electron chi connectivity index (χ2n) is 13.1. The lowest BCUT2D eigenvalue weighted by atomic mass is 9.80. The van der Waals surface area contributed by atoms with Crippen LogP contribution in [0, 0.1) is 6.92 Å². The second-order valence-corrected chi connectivity index (χ2v) is 13.1. The Morgan fingerprint density at radius 2 is 1.64 bits per heavy atom. The van der Waals surface area contributed by atoms with Crippen LogP contribution in [0.25, 0.3) is 10.8 Å². The van der Waals surface area contributed by atoms with E-state index in [9.17, 15) is 9.90 Å². The maximum atomic E-state index is 12.4. The predicted molar refractivity (Wildman–Crippen MR) is 184 cm³/mol. The molecule has 5 heteroatoms. The number of Topliss-reactive ketones (excluding diaryl/α,β-unsaturated/α-hetero) is 1. The summed E-state index contributed by atoms with van der Waals surface area (Å²) < 4.78 is 8.37. The number of carbonyl (C=O) groups is 1. The van der Waals surface area contributed by atoms with Crippen molar-refractivity contribution in [3.8, 4) is 11.5 Å². The van der Waals surface area contributed by atoms with Crippen molar-refractivity contribution in [3.05, 3.63) is 132 Å². The van der Waals surface area contributed by atoms with Crippen LogP contribution in [0.15, 0.2) is 115 Å². The van der Waals surface area contributed by atoms with E-state index in [0.717, 1.165) is 22.8 Å². The molecular formula is C40H41N2O3+. The minimum absolute atomic E-state index is 0.131. The fourth-order valence-corrected chi connectivity index (χ4v) is 6.91. The van der Waals surface area contributed by atoms with Crippen molar-refractivity contribution in [3.63, 3.8) is 0 Å². The Hall–Kier alpha value is -4.90. The molecule has 4 aromatic rings. The van der Waals surface area contributed by atoms with Gasteiger partial charge in [0.05, 0.1) is 12.0 Å². The van der Waals surface area contributed by atoms with E-state index in [1.54, 1.807) is 31.2 Å². The number of anilines is 1.